The second-order valence-corrected chi connectivity index (χ2v) is 5.66. The molecule has 0 radical (unpaired) electrons. The molecule has 2 heteroatoms. The molecule has 0 heterocycles. The minimum Gasteiger partial charge on any atom is -0.320 e. The average molecular weight is 263 g/mol. The van der Waals surface area contributed by atoms with E-state index in [1.54, 1.807) is 0 Å². The first-order valence-corrected chi connectivity index (χ1v) is 7.56. The molecule has 0 saturated carbocycles. The molecule has 0 saturated heterocycles. The number of hydrogen-bond acceptors (Lipinski definition) is 0. The Hall–Kier alpha value is -0.755. The van der Waals surface area contributed by atoms with Crippen LogP contribution in [0.3, 0.4) is 0 Å². The van der Waals surface area contributed by atoms with E-state index in [1.165, 1.54) is 61.1 Å². The van der Waals surface area contributed by atoms with Crippen LogP contribution in [0.5, 0.6) is 0 Å². The van der Waals surface area contributed by atoms with E-state index in [1.807, 2.05) is 0 Å². The smallest absolute Gasteiger partial charge is 0.104 e. The summed E-state index contributed by atoms with van der Waals surface area (Å²) >= 11 is 0. The molecule has 0 aliphatic rings. The van der Waals surface area contributed by atoms with E-state index in [-0.39, 0.29) is 8.41 Å². The highest BCUT2D eigenvalue weighted by Crippen LogP contribution is 2.18. The van der Waals surface area contributed by atoms with Crippen LogP contribution in [0, 0.1) is 6.92 Å². The summed E-state index contributed by atoms with van der Waals surface area (Å²) in [5.41, 5.74) is 2.89. The minimum absolute atomic E-state index is 0. The lowest BCUT2D eigenvalue weighted by Gasteiger charge is -2.38. The molecule has 0 unspecified atom stereocenters. The maximum atomic E-state index is 2.36. The van der Waals surface area contributed by atoms with E-state index >= 15 is 0 Å². The predicted molar refractivity (Wildman–Crippen MR) is 92.0 cm³/mol. The summed E-state index contributed by atoms with van der Waals surface area (Å²) in [6.45, 7) is 14.3. The molecule has 19 heavy (non-hydrogen) atoms. The van der Waals surface area contributed by atoms with Crippen LogP contribution in [-0.4, -0.2) is 32.5 Å². The van der Waals surface area contributed by atoms with Gasteiger partial charge in [0.15, 0.2) is 0 Å². The van der Waals surface area contributed by atoms with Crippen LogP contribution in [-0.2, 0) is 6.54 Å². The molecule has 0 amide bonds. The summed E-state index contributed by atoms with van der Waals surface area (Å²) in [5.74, 6) is 0. The third-order valence-corrected chi connectivity index (χ3v) is 3.69. The molecule has 1 aromatic carbocycles. The summed E-state index contributed by atoms with van der Waals surface area (Å²) in [6.07, 6.45) is 3.85. The van der Waals surface area contributed by atoms with E-state index in [0.29, 0.717) is 0 Å². The van der Waals surface area contributed by atoms with Gasteiger partial charge in [0.25, 0.3) is 0 Å². The van der Waals surface area contributed by atoms with Gasteiger partial charge in [-0.15, -0.1) is 0 Å². The summed E-state index contributed by atoms with van der Waals surface area (Å²) in [7, 11) is 0. The molecule has 0 spiro atoms. The summed E-state index contributed by atoms with van der Waals surface area (Å²) < 4.78 is 1.27. The second-order valence-electron chi connectivity index (χ2n) is 5.66. The van der Waals surface area contributed by atoms with Crippen LogP contribution >= 0.6 is 0 Å². The summed E-state index contributed by atoms with van der Waals surface area (Å²) in [6, 6.07) is 9.04. The SMILES string of the molecule is CCC[N+](CCC)(CCC)Cc1cccc(C)c1.[BH4-]. The van der Waals surface area contributed by atoms with Crippen LogP contribution in [0.4, 0.5) is 0 Å². The topological polar surface area (TPSA) is 0 Å². The quantitative estimate of drug-likeness (QED) is 0.499. The standard InChI is InChI=1S/C17H30N.BH4/c1-5-11-18(12-6-2,13-7-3)15-17-10-8-9-16(4)14-17;/h8-10,14H,5-7,11-13,15H2,1-4H3;1H4/q+1;-1. The number of aryl methyl sites for hydroxylation is 1. The van der Waals surface area contributed by atoms with Crippen LogP contribution in [0.2, 0.25) is 0 Å². The molecule has 0 atom stereocenters. The molecule has 1 aromatic rings. The Morgan fingerprint density at radius 3 is 1.84 bits per heavy atom. The zero-order chi connectivity index (χ0) is 13.4. The fourth-order valence-electron chi connectivity index (χ4n) is 3.19. The lowest BCUT2D eigenvalue weighted by molar-refractivity contribution is -0.941. The molecule has 0 aliphatic heterocycles. The molecule has 0 bridgehead atoms. The van der Waals surface area contributed by atoms with Gasteiger partial charge in [0.1, 0.15) is 6.54 Å². The third-order valence-electron chi connectivity index (χ3n) is 3.69. The highest BCUT2D eigenvalue weighted by molar-refractivity contribution is 5.75. The fraction of sp³-hybridized carbons (Fsp3) is 0.647. The number of rotatable bonds is 8. The zero-order valence-electron chi connectivity index (χ0n) is 12.7. The van der Waals surface area contributed by atoms with Crippen LogP contribution in [0.25, 0.3) is 0 Å². The largest absolute Gasteiger partial charge is 0.320 e. The normalized spacial score (nSPS) is 11.2. The average Bonchev–Trinajstić information content (AvgIpc) is 2.30. The Morgan fingerprint density at radius 1 is 0.895 bits per heavy atom. The first-order valence-electron chi connectivity index (χ1n) is 7.56. The van der Waals surface area contributed by atoms with Crippen LogP contribution in [0.15, 0.2) is 24.3 Å². The van der Waals surface area contributed by atoms with Crippen molar-refractivity contribution in [3.8, 4) is 0 Å². The molecule has 1 rings (SSSR count). The van der Waals surface area contributed by atoms with Gasteiger partial charge in [-0.2, -0.15) is 0 Å². The van der Waals surface area contributed by atoms with Crippen molar-refractivity contribution < 1.29 is 4.48 Å². The van der Waals surface area contributed by atoms with Gasteiger partial charge < -0.3 is 4.48 Å². The van der Waals surface area contributed by atoms with Gasteiger partial charge in [0.2, 0.25) is 0 Å². The van der Waals surface area contributed by atoms with Gasteiger partial charge in [-0.3, -0.25) is 0 Å². The van der Waals surface area contributed by atoms with E-state index in [0.717, 1.165) is 0 Å². The molecule has 1 nitrogen and oxygen atoms in total. The molecule has 0 N–H and O–H groups in total. The van der Waals surface area contributed by atoms with Crippen molar-refractivity contribution in [1.82, 2.24) is 0 Å². The van der Waals surface area contributed by atoms with Crippen LogP contribution in [0.1, 0.15) is 51.2 Å². The molecular formula is C17H34BN. The maximum absolute atomic E-state index is 2.36. The zero-order valence-corrected chi connectivity index (χ0v) is 12.7. The van der Waals surface area contributed by atoms with Crippen molar-refractivity contribution in [2.24, 2.45) is 0 Å². The highest BCUT2D eigenvalue weighted by atomic mass is 15.3. The minimum atomic E-state index is 0. The molecule has 110 valence electrons. The van der Waals surface area contributed by atoms with E-state index in [2.05, 4.69) is 52.0 Å². The van der Waals surface area contributed by atoms with Gasteiger partial charge in [-0.1, -0.05) is 59.0 Å². The van der Waals surface area contributed by atoms with Crippen molar-refractivity contribution in [1.29, 1.82) is 0 Å². The van der Waals surface area contributed by atoms with Gasteiger partial charge >= 0.3 is 0 Å². The van der Waals surface area contributed by atoms with Gasteiger partial charge in [0.05, 0.1) is 19.6 Å². The van der Waals surface area contributed by atoms with E-state index in [9.17, 15) is 0 Å². The number of nitrogens with zero attached hydrogens (tertiary/aromatic N) is 1. The lowest BCUT2D eigenvalue weighted by Crippen LogP contribution is -2.48. The van der Waals surface area contributed by atoms with Crippen molar-refractivity contribution in [3.05, 3.63) is 35.4 Å². The molecule has 0 fully saturated rings. The fourth-order valence-corrected chi connectivity index (χ4v) is 3.19. The summed E-state index contributed by atoms with van der Waals surface area (Å²) in [4.78, 5) is 0. The van der Waals surface area contributed by atoms with Crippen molar-refractivity contribution in [2.75, 3.05) is 19.6 Å². The van der Waals surface area contributed by atoms with Gasteiger partial charge in [-0.25, -0.2) is 0 Å². The van der Waals surface area contributed by atoms with Crippen LogP contribution < -0.4 is 0 Å². The van der Waals surface area contributed by atoms with Crippen molar-refractivity contribution >= 4 is 8.41 Å². The highest BCUT2D eigenvalue weighted by Gasteiger charge is 2.24. The lowest BCUT2D eigenvalue weighted by atomic mass is 10.1. The first-order chi connectivity index (χ1) is 8.65. The molecular weight excluding hydrogens is 229 g/mol. The Kier molecular flexibility index (Phi) is 8.83. The Bertz CT molecular complexity index is 332. The first kappa shape index (κ1) is 18.2. The molecule has 0 aromatic heterocycles. The number of hydrogen-bond donors (Lipinski definition) is 0. The van der Waals surface area contributed by atoms with E-state index in [4.69, 9.17) is 0 Å². The monoisotopic (exact) mass is 263 g/mol. The third kappa shape index (κ3) is 5.82. The number of quaternary nitrogens is 1. The summed E-state index contributed by atoms with van der Waals surface area (Å²) in [5, 5.41) is 0. The predicted octanol–water partition coefficient (Wildman–Crippen LogP) is 3.09. The van der Waals surface area contributed by atoms with Crippen molar-refractivity contribution in [2.45, 2.75) is 53.5 Å². The number of benzene rings is 1. The van der Waals surface area contributed by atoms with Crippen molar-refractivity contribution in [3.63, 3.8) is 0 Å². The van der Waals surface area contributed by atoms with Gasteiger partial charge in [-0.05, 0) is 26.2 Å². The Morgan fingerprint density at radius 2 is 1.42 bits per heavy atom. The Balaban J connectivity index is 0.00000324. The molecule has 0 aliphatic carbocycles. The van der Waals surface area contributed by atoms with E-state index < -0.39 is 0 Å². The maximum Gasteiger partial charge on any atom is 0.104 e. The van der Waals surface area contributed by atoms with Gasteiger partial charge in [0, 0.05) is 5.56 Å². The Labute approximate surface area is 122 Å². The second kappa shape index (κ2) is 9.20.